The van der Waals surface area contributed by atoms with Crippen molar-refractivity contribution < 1.29 is 9.18 Å². The fourth-order valence-electron chi connectivity index (χ4n) is 2.21. The summed E-state index contributed by atoms with van der Waals surface area (Å²) >= 11 is 0. The van der Waals surface area contributed by atoms with E-state index in [1.54, 1.807) is 17.1 Å². The Hall–Kier alpha value is -2.89. The fourth-order valence-corrected chi connectivity index (χ4v) is 2.21. The Bertz CT molecular complexity index is 799. The maximum atomic E-state index is 13.0. The number of carbonyl (C=O) groups excluding carboxylic acids is 1. The molecule has 5 nitrogen and oxygen atoms in total. The summed E-state index contributed by atoms with van der Waals surface area (Å²) in [6, 6.07) is 13.5. The van der Waals surface area contributed by atoms with Crippen LogP contribution in [0.1, 0.15) is 5.56 Å². The molecule has 112 valence electrons. The number of urea groups is 1. The Labute approximate surface area is 126 Å². The maximum absolute atomic E-state index is 13.0. The van der Waals surface area contributed by atoms with E-state index in [0.29, 0.717) is 13.0 Å². The number of nitrogens with one attached hydrogen (secondary N) is 2. The van der Waals surface area contributed by atoms with Crippen LogP contribution in [0.2, 0.25) is 0 Å². The van der Waals surface area contributed by atoms with Gasteiger partial charge in [0, 0.05) is 6.54 Å². The van der Waals surface area contributed by atoms with Gasteiger partial charge in [0.15, 0.2) is 0 Å². The van der Waals surface area contributed by atoms with Crippen LogP contribution in [0.15, 0.2) is 54.9 Å². The molecule has 22 heavy (non-hydrogen) atoms. The molecule has 0 saturated heterocycles. The zero-order chi connectivity index (χ0) is 15.4. The van der Waals surface area contributed by atoms with E-state index in [9.17, 15) is 9.18 Å². The van der Waals surface area contributed by atoms with E-state index in [2.05, 4.69) is 15.7 Å². The number of imidazole rings is 1. The van der Waals surface area contributed by atoms with Crippen LogP contribution in [-0.4, -0.2) is 22.2 Å². The highest BCUT2D eigenvalue weighted by atomic mass is 19.1. The molecule has 2 N–H and O–H groups in total. The molecule has 0 bridgehead atoms. The Kier molecular flexibility index (Phi) is 4.00. The van der Waals surface area contributed by atoms with Crippen molar-refractivity contribution in [3.63, 3.8) is 0 Å². The summed E-state index contributed by atoms with van der Waals surface area (Å²) in [6.45, 7) is 0.419. The van der Waals surface area contributed by atoms with Crippen molar-refractivity contribution in [3.8, 4) is 0 Å². The summed E-state index contributed by atoms with van der Waals surface area (Å²) in [5, 5.41) is 2.73. The van der Waals surface area contributed by atoms with Gasteiger partial charge in [-0.05, 0) is 36.2 Å². The molecule has 0 saturated carbocycles. The number of aromatic nitrogens is 2. The van der Waals surface area contributed by atoms with Crippen LogP contribution in [-0.2, 0) is 6.42 Å². The van der Waals surface area contributed by atoms with E-state index in [4.69, 9.17) is 0 Å². The molecule has 0 atom stereocenters. The zero-order valence-electron chi connectivity index (χ0n) is 11.8. The third kappa shape index (κ3) is 3.22. The lowest BCUT2D eigenvalue weighted by atomic mass is 10.1. The summed E-state index contributed by atoms with van der Waals surface area (Å²) < 4.78 is 14.6. The van der Waals surface area contributed by atoms with Crippen molar-refractivity contribution in [1.82, 2.24) is 15.0 Å². The fraction of sp³-hybridized carbons (Fsp3) is 0.125. The molecule has 6 heteroatoms. The van der Waals surface area contributed by atoms with Gasteiger partial charge in [-0.2, -0.15) is 0 Å². The lowest BCUT2D eigenvalue weighted by Gasteiger charge is -2.09. The summed E-state index contributed by atoms with van der Waals surface area (Å²) in [5.41, 5.74) is 5.16. The van der Waals surface area contributed by atoms with Gasteiger partial charge in [0.1, 0.15) is 12.1 Å². The molecular formula is C16H15FN4O. The molecule has 2 amide bonds. The van der Waals surface area contributed by atoms with Gasteiger partial charge < -0.3 is 5.32 Å². The van der Waals surface area contributed by atoms with Crippen LogP contribution in [0.5, 0.6) is 0 Å². The highest BCUT2D eigenvalue weighted by Crippen LogP contribution is 2.09. The molecule has 0 aliphatic carbocycles. The molecular weight excluding hydrogens is 283 g/mol. The van der Waals surface area contributed by atoms with E-state index in [-0.39, 0.29) is 11.8 Å². The largest absolute Gasteiger partial charge is 0.336 e. The molecule has 0 aliphatic heterocycles. The molecule has 0 unspecified atom stereocenters. The van der Waals surface area contributed by atoms with E-state index in [1.165, 1.54) is 12.1 Å². The number of fused-ring (bicyclic) bond motifs is 1. The van der Waals surface area contributed by atoms with E-state index < -0.39 is 0 Å². The van der Waals surface area contributed by atoms with Crippen LogP contribution >= 0.6 is 0 Å². The number of benzene rings is 2. The minimum Gasteiger partial charge on any atom is -0.336 e. The number of nitrogens with zero attached hydrogens (tertiary/aromatic N) is 2. The molecule has 3 aromatic rings. The van der Waals surface area contributed by atoms with Crippen LogP contribution in [0.4, 0.5) is 9.18 Å². The summed E-state index contributed by atoms with van der Waals surface area (Å²) in [6.07, 6.45) is 2.12. The lowest BCUT2D eigenvalue weighted by Crippen LogP contribution is -2.35. The number of rotatable bonds is 4. The number of amides is 2. The molecule has 2 aromatic carbocycles. The van der Waals surface area contributed by atoms with Gasteiger partial charge in [-0.25, -0.2) is 24.3 Å². The second-order valence-corrected chi connectivity index (χ2v) is 4.85. The Morgan fingerprint density at radius 2 is 2.05 bits per heavy atom. The first kappa shape index (κ1) is 14.1. The minimum atomic E-state index is -0.334. The highest BCUT2D eigenvalue weighted by Gasteiger charge is 2.05. The first-order valence-electron chi connectivity index (χ1n) is 6.94. The van der Waals surface area contributed by atoms with E-state index in [1.807, 2.05) is 30.3 Å². The van der Waals surface area contributed by atoms with E-state index >= 15 is 0 Å². The Morgan fingerprint density at radius 1 is 1.18 bits per heavy atom. The molecule has 3 rings (SSSR count). The Balaban J connectivity index is 1.54. The summed E-state index contributed by atoms with van der Waals surface area (Å²) in [5.74, 6) is -0.271. The van der Waals surface area contributed by atoms with Gasteiger partial charge in [0.2, 0.25) is 0 Å². The number of carbonyl (C=O) groups is 1. The van der Waals surface area contributed by atoms with Crippen molar-refractivity contribution in [3.05, 3.63) is 66.2 Å². The van der Waals surface area contributed by atoms with Crippen molar-refractivity contribution in [2.24, 2.45) is 0 Å². The second-order valence-electron chi connectivity index (χ2n) is 4.85. The number of halogens is 1. The van der Waals surface area contributed by atoms with Gasteiger partial charge in [-0.3, -0.25) is 0 Å². The van der Waals surface area contributed by atoms with Gasteiger partial charge >= 0.3 is 6.03 Å². The number of hydrogen-bond acceptors (Lipinski definition) is 2. The standard InChI is InChI=1S/C16H15FN4O/c17-13-5-3-4-12(10-13)8-9-18-16(22)20-21-11-19-14-6-1-2-7-15(14)21/h1-7,10-11H,8-9H2,(H2,18,20,22). The van der Waals surface area contributed by atoms with Gasteiger partial charge in [0.05, 0.1) is 11.0 Å². The van der Waals surface area contributed by atoms with Crippen molar-refractivity contribution >= 4 is 17.1 Å². The maximum Gasteiger partial charge on any atom is 0.333 e. The first-order chi connectivity index (χ1) is 10.7. The normalized spacial score (nSPS) is 10.6. The molecule has 1 aromatic heterocycles. The predicted octanol–water partition coefficient (Wildman–Crippen LogP) is 2.67. The SMILES string of the molecule is O=C(NCCc1cccc(F)c1)Nn1cnc2ccccc21. The summed E-state index contributed by atoms with van der Waals surface area (Å²) in [4.78, 5) is 16.1. The monoisotopic (exact) mass is 298 g/mol. The average Bonchev–Trinajstić information content (AvgIpc) is 2.91. The third-order valence-corrected chi connectivity index (χ3v) is 3.26. The summed E-state index contributed by atoms with van der Waals surface area (Å²) in [7, 11) is 0. The first-order valence-corrected chi connectivity index (χ1v) is 6.94. The van der Waals surface area contributed by atoms with Crippen LogP contribution < -0.4 is 10.7 Å². The van der Waals surface area contributed by atoms with Crippen molar-refractivity contribution in [2.75, 3.05) is 12.0 Å². The molecule has 0 radical (unpaired) electrons. The van der Waals surface area contributed by atoms with E-state index in [0.717, 1.165) is 16.6 Å². The molecule has 0 aliphatic rings. The number of hydrogen-bond donors (Lipinski definition) is 2. The van der Waals surface area contributed by atoms with Gasteiger partial charge in [0.25, 0.3) is 0 Å². The predicted molar refractivity (Wildman–Crippen MR) is 82.6 cm³/mol. The van der Waals surface area contributed by atoms with Gasteiger partial charge in [-0.1, -0.05) is 24.3 Å². The van der Waals surface area contributed by atoms with Crippen molar-refractivity contribution in [2.45, 2.75) is 6.42 Å². The van der Waals surface area contributed by atoms with Crippen LogP contribution in [0.3, 0.4) is 0 Å². The molecule has 1 heterocycles. The topological polar surface area (TPSA) is 59.0 Å². The smallest absolute Gasteiger partial charge is 0.333 e. The van der Waals surface area contributed by atoms with Crippen LogP contribution in [0, 0.1) is 5.82 Å². The number of para-hydroxylation sites is 2. The third-order valence-electron chi connectivity index (χ3n) is 3.26. The Morgan fingerprint density at radius 3 is 2.91 bits per heavy atom. The highest BCUT2D eigenvalue weighted by molar-refractivity contribution is 5.85. The zero-order valence-corrected chi connectivity index (χ0v) is 11.8. The van der Waals surface area contributed by atoms with Gasteiger partial charge in [-0.15, -0.1) is 0 Å². The lowest BCUT2D eigenvalue weighted by molar-refractivity contribution is 0.250. The molecule has 0 fully saturated rings. The average molecular weight is 298 g/mol. The van der Waals surface area contributed by atoms with Crippen molar-refractivity contribution in [1.29, 1.82) is 0 Å². The quantitative estimate of drug-likeness (QED) is 0.778. The minimum absolute atomic E-state index is 0.271. The second kappa shape index (κ2) is 6.26. The van der Waals surface area contributed by atoms with Crippen LogP contribution in [0.25, 0.3) is 11.0 Å². The molecule has 0 spiro atoms.